The first-order valence-corrected chi connectivity index (χ1v) is 7.81. The van der Waals surface area contributed by atoms with Crippen molar-refractivity contribution >= 4 is 11.8 Å². The summed E-state index contributed by atoms with van der Waals surface area (Å²) in [6.45, 7) is 4.55. The summed E-state index contributed by atoms with van der Waals surface area (Å²) in [5.41, 5.74) is 0. The van der Waals surface area contributed by atoms with E-state index in [1.807, 2.05) is 6.07 Å². The number of aromatic nitrogens is 2. The lowest BCUT2D eigenvalue weighted by atomic mass is 9.98. The lowest BCUT2D eigenvalue weighted by molar-refractivity contribution is 0.0347. The van der Waals surface area contributed by atoms with Crippen molar-refractivity contribution in [3.8, 4) is 0 Å². The molecule has 0 spiro atoms. The zero-order valence-corrected chi connectivity index (χ0v) is 12.4. The van der Waals surface area contributed by atoms with Crippen LogP contribution in [0.3, 0.4) is 0 Å². The Kier molecular flexibility index (Phi) is 6.57. The van der Waals surface area contributed by atoms with Gasteiger partial charge in [-0.3, -0.25) is 0 Å². The molecule has 0 saturated heterocycles. The van der Waals surface area contributed by atoms with Gasteiger partial charge in [-0.1, -0.05) is 26.2 Å². The molecule has 0 unspecified atom stereocenters. The van der Waals surface area contributed by atoms with E-state index in [1.54, 1.807) is 6.20 Å². The first kappa shape index (κ1) is 15.0. The van der Waals surface area contributed by atoms with E-state index in [-0.39, 0.29) is 0 Å². The predicted molar refractivity (Wildman–Crippen MR) is 82.1 cm³/mol. The minimum absolute atomic E-state index is 0.470. The van der Waals surface area contributed by atoms with Crippen LogP contribution in [0.4, 0.5) is 11.8 Å². The molecule has 1 aromatic heterocycles. The number of anilines is 2. The maximum absolute atomic E-state index is 5.88. The average molecular weight is 278 g/mol. The lowest BCUT2D eigenvalue weighted by Gasteiger charge is -2.22. The normalized spacial score (nSPS) is 16.1. The van der Waals surface area contributed by atoms with Gasteiger partial charge in [0.2, 0.25) is 5.95 Å². The Hall–Kier alpha value is -1.36. The van der Waals surface area contributed by atoms with Crippen LogP contribution in [0, 0.1) is 0 Å². The second-order valence-electron chi connectivity index (χ2n) is 5.25. The average Bonchev–Trinajstić information content (AvgIpc) is 2.51. The smallest absolute Gasteiger partial charge is 0.224 e. The molecule has 1 saturated carbocycles. The largest absolute Gasteiger partial charge is 0.376 e. The van der Waals surface area contributed by atoms with Crippen LogP contribution in [0.1, 0.15) is 45.4 Å². The van der Waals surface area contributed by atoms with Crippen LogP contribution in [0.5, 0.6) is 0 Å². The molecule has 112 valence electrons. The molecule has 0 radical (unpaired) electrons. The number of rotatable bonds is 8. The van der Waals surface area contributed by atoms with Crippen molar-refractivity contribution in [2.75, 3.05) is 30.3 Å². The summed E-state index contributed by atoms with van der Waals surface area (Å²) in [6, 6.07) is 1.89. The molecule has 5 nitrogen and oxygen atoms in total. The molecule has 1 fully saturated rings. The van der Waals surface area contributed by atoms with Crippen LogP contribution in [0.2, 0.25) is 0 Å². The van der Waals surface area contributed by atoms with Crippen molar-refractivity contribution in [3.63, 3.8) is 0 Å². The minimum atomic E-state index is 0.470. The molecule has 0 aromatic carbocycles. The Morgan fingerprint density at radius 3 is 2.85 bits per heavy atom. The molecule has 1 heterocycles. The maximum atomic E-state index is 5.88. The third-order valence-corrected chi connectivity index (χ3v) is 3.50. The topological polar surface area (TPSA) is 59.1 Å². The third kappa shape index (κ3) is 5.33. The summed E-state index contributed by atoms with van der Waals surface area (Å²) in [7, 11) is 0. The molecule has 0 aliphatic heterocycles. The highest BCUT2D eigenvalue weighted by Gasteiger charge is 2.12. The van der Waals surface area contributed by atoms with Gasteiger partial charge in [-0.2, -0.15) is 4.98 Å². The van der Waals surface area contributed by atoms with Gasteiger partial charge in [0.25, 0.3) is 0 Å². The Labute approximate surface area is 121 Å². The fraction of sp³-hybridized carbons (Fsp3) is 0.733. The highest BCUT2D eigenvalue weighted by molar-refractivity contribution is 5.39. The molecule has 1 aromatic rings. The van der Waals surface area contributed by atoms with Crippen molar-refractivity contribution in [2.45, 2.75) is 51.6 Å². The molecule has 0 bridgehead atoms. The van der Waals surface area contributed by atoms with Gasteiger partial charge >= 0.3 is 0 Å². The summed E-state index contributed by atoms with van der Waals surface area (Å²) in [6.07, 6.45) is 9.75. The van der Waals surface area contributed by atoms with E-state index in [0.29, 0.717) is 12.1 Å². The fourth-order valence-electron chi connectivity index (χ4n) is 2.42. The lowest BCUT2D eigenvalue weighted by Crippen LogP contribution is -2.20. The fourth-order valence-corrected chi connectivity index (χ4v) is 2.42. The van der Waals surface area contributed by atoms with Gasteiger partial charge in [0.05, 0.1) is 12.7 Å². The molecule has 0 atom stereocenters. The molecular formula is C15H26N4O. The van der Waals surface area contributed by atoms with Crippen molar-refractivity contribution in [3.05, 3.63) is 12.3 Å². The first-order valence-electron chi connectivity index (χ1n) is 7.81. The number of nitrogens with zero attached hydrogens (tertiary/aromatic N) is 2. The van der Waals surface area contributed by atoms with Gasteiger partial charge in [0.15, 0.2) is 0 Å². The van der Waals surface area contributed by atoms with E-state index >= 15 is 0 Å². The molecule has 1 aliphatic rings. The van der Waals surface area contributed by atoms with E-state index in [0.717, 1.165) is 31.9 Å². The molecular weight excluding hydrogens is 252 g/mol. The minimum Gasteiger partial charge on any atom is -0.376 e. The van der Waals surface area contributed by atoms with E-state index in [2.05, 4.69) is 27.5 Å². The Morgan fingerprint density at radius 2 is 2.05 bits per heavy atom. The quantitative estimate of drug-likeness (QED) is 0.716. The molecule has 0 amide bonds. The Morgan fingerprint density at radius 1 is 1.20 bits per heavy atom. The van der Waals surface area contributed by atoms with E-state index in [4.69, 9.17) is 4.74 Å². The first-order chi connectivity index (χ1) is 9.88. The van der Waals surface area contributed by atoms with Crippen LogP contribution < -0.4 is 10.6 Å². The number of nitrogens with one attached hydrogen (secondary N) is 2. The van der Waals surface area contributed by atoms with Gasteiger partial charge in [-0.25, -0.2) is 4.98 Å². The standard InChI is InChI=1S/C15H26N4O/c1-2-9-17-15-18-10-8-14(19-15)16-11-12-20-13-6-4-3-5-7-13/h8,10,13H,2-7,9,11-12H2,1H3,(H2,16,17,18,19). The van der Waals surface area contributed by atoms with Crippen LogP contribution in [0.15, 0.2) is 12.3 Å². The molecule has 1 aliphatic carbocycles. The summed E-state index contributed by atoms with van der Waals surface area (Å²) in [5.74, 6) is 1.54. The maximum Gasteiger partial charge on any atom is 0.224 e. The van der Waals surface area contributed by atoms with E-state index < -0.39 is 0 Å². The van der Waals surface area contributed by atoms with Gasteiger partial charge < -0.3 is 15.4 Å². The van der Waals surface area contributed by atoms with Gasteiger partial charge in [-0.15, -0.1) is 0 Å². The molecule has 5 heteroatoms. The highest BCUT2D eigenvalue weighted by Crippen LogP contribution is 2.19. The highest BCUT2D eigenvalue weighted by atomic mass is 16.5. The Balaban J connectivity index is 1.65. The van der Waals surface area contributed by atoms with E-state index in [1.165, 1.54) is 32.1 Å². The van der Waals surface area contributed by atoms with Gasteiger partial charge in [0, 0.05) is 19.3 Å². The monoisotopic (exact) mass is 278 g/mol. The van der Waals surface area contributed by atoms with Crippen molar-refractivity contribution < 1.29 is 4.74 Å². The van der Waals surface area contributed by atoms with Gasteiger partial charge in [0.1, 0.15) is 5.82 Å². The van der Waals surface area contributed by atoms with Crippen molar-refractivity contribution in [1.82, 2.24) is 9.97 Å². The van der Waals surface area contributed by atoms with Crippen LogP contribution >= 0.6 is 0 Å². The predicted octanol–water partition coefficient (Wildman–Crippen LogP) is 3.06. The molecule has 2 rings (SSSR count). The van der Waals surface area contributed by atoms with Crippen LogP contribution in [0.25, 0.3) is 0 Å². The molecule has 2 N–H and O–H groups in total. The van der Waals surface area contributed by atoms with Crippen LogP contribution in [-0.4, -0.2) is 35.8 Å². The van der Waals surface area contributed by atoms with Gasteiger partial charge in [-0.05, 0) is 25.3 Å². The third-order valence-electron chi connectivity index (χ3n) is 3.50. The summed E-state index contributed by atoms with van der Waals surface area (Å²) in [4.78, 5) is 8.59. The Bertz CT molecular complexity index is 380. The number of ether oxygens (including phenoxy) is 1. The zero-order chi connectivity index (χ0) is 14.0. The number of hydrogen-bond acceptors (Lipinski definition) is 5. The summed E-state index contributed by atoms with van der Waals surface area (Å²) >= 11 is 0. The van der Waals surface area contributed by atoms with Crippen molar-refractivity contribution in [2.24, 2.45) is 0 Å². The zero-order valence-electron chi connectivity index (χ0n) is 12.4. The number of hydrogen-bond donors (Lipinski definition) is 2. The summed E-state index contributed by atoms with van der Waals surface area (Å²) < 4.78 is 5.88. The summed E-state index contributed by atoms with van der Waals surface area (Å²) in [5, 5.41) is 6.47. The van der Waals surface area contributed by atoms with Crippen LogP contribution in [-0.2, 0) is 4.74 Å². The van der Waals surface area contributed by atoms with Crippen molar-refractivity contribution in [1.29, 1.82) is 0 Å². The van der Waals surface area contributed by atoms with E-state index in [9.17, 15) is 0 Å². The second kappa shape index (κ2) is 8.74. The molecule has 20 heavy (non-hydrogen) atoms. The second-order valence-corrected chi connectivity index (χ2v) is 5.25. The SMILES string of the molecule is CCCNc1nccc(NCCOC2CCCCC2)n1.